The lowest BCUT2D eigenvalue weighted by molar-refractivity contribution is -0.141. The molecule has 2 aromatic carbocycles. The number of benzene rings is 2. The minimum Gasteiger partial charge on any atom is -0.354 e. The van der Waals surface area contributed by atoms with Gasteiger partial charge in [0.15, 0.2) is 0 Å². The van der Waals surface area contributed by atoms with Crippen LogP contribution in [0.2, 0.25) is 0 Å². The maximum Gasteiger partial charge on any atom is 0.269 e. The van der Waals surface area contributed by atoms with E-state index in [1.54, 1.807) is 17.0 Å². The summed E-state index contributed by atoms with van der Waals surface area (Å²) in [5.41, 5.74) is 2.11. The molecule has 1 heterocycles. The van der Waals surface area contributed by atoms with Crippen molar-refractivity contribution in [3.63, 3.8) is 0 Å². The van der Waals surface area contributed by atoms with E-state index in [4.69, 9.17) is 0 Å². The van der Waals surface area contributed by atoms with Crippen molar-refractivity contribution in [2.75, 3.05) is 13.1 Å². The standard InChI is InChI=1S/C26H33N3O5S/c1-4-16-27-25(31)22(5-2)28(18-20-12-7-6-11-19(20)3)24(30)15-10-17-29-26(32)21-13-8-9-14-23(21)35(29,33)34/h6-9,11-14,22H,4-5,10,15-18H2,1-3H3,(H,27,31). The number of rotatable bonds is 11. The lowest BCUT2D eigenvalue weighted by Gasteiger charge is -2.31. The second-order valence-corrected chi connectivity index (χ2v) is 10.5. The summed E-state index contributed by atoms with van der Waals surface area (Å²) in [5.74, 6) is -1.03. The van der Waals surface area contributed by atoms with Gasteiger partial charge in [-0.05, 0) is 49.4 Å². The molecule has 3 rings (SSSR count). The monoisotopic (exact) mass is 499 g/mol. The van der Waals surface area contributed by atoms with Crippen LogP contribution < -0.4 is 5.32 Å². The van der Waals surface area contributed by atoms with Crippen molar-refractivity contribution in [1.82, 2.24) is 14.5 Å². The molecular formula is C26H33N3O5S. The molecule has 188 valence electrons. The molecule has 1 unspecified atom stereocenters. The molecule has 1 aliphatic heterocycles. The highest BCUT2D eigenvalue weighted by molar-refractivity contribution is 7.90. The number of nitrogens with zero attached hydrogens (tertiary/aromatic N) is 2. The van der Waals surface area contributed by atoms with Gasteiger partial charge in [-0.25, -0.2) is 12.7 Å². The number of aryl methyl sites for hydroxylation is 1. The zero-order valence-electron chi connectivity index (χ0n) is 20.5. The van der Waals surface area contributed by atoms with E-state index in [0.29, 0.717) is 13.0 Å². The molecule has 0 spiro atoms. The summed E-state index contributed by atoms with van der Waals surface area (Å²) < 4.78 is 26.4. The van der Waals surface area contributed by atoms with Gasteiger partial charge in [-0.15, -0.1) is 0 Å². The third kappa shape index (κ3) is 5.73. The summed E-state index contributed by atoms with van der Waals surface area (Å²) >= 11 is 0. The van der Waals surface area contributed by atoms with Gasteiger partial charge in [0.05, 0.1) is 5.56 Å². The van der Waals surface area contributed by atoms with E-state index in [1.807, 2.05) is 45.0 Å². The van der Waals surface area contributed by atoms with Gasteiger partial charge in [0.25, 0.3) is 15.9 Å². The zero-order valence-corrected chi connectivity index (χ0v) is 21.3. The van der Waals surface area contributed by atoms with Crippen LogP contribution >= 0.6 is 0 Å². The molecular weight excluding hydrogens is 466 g/mol. The fourth-order valence-corrected chi connectivity index (χ4v) is 5.83. The molecule has 35 heavy (non-hydrogen) atoms. The SMILES string of the molecule is CCCNC(=O)C(CC)N(Cc1ccccc1C)C(=O)CCCN1C(=O)c2ccccc2S1(=O)=O. The molecule has 0 saturated carbocycles. The average molecular weight is 500 g/mol. The Bertz CT molecular complexity index is 1190. The lowest BCUT2D eigenvalue weighted by Crippen LogP contribution is -2.49. The first-order chi connectivity index (χ1) is 16.7. The van der Waals surface area contributed by atoms with Crippen LogP contribution in [0.3, 0.4) is 0 Å². The van der Waals surface area contributed by atoms with Gasteiger partial charge < -0.3 is 10.2 Å². The van der Waals surface area contributed by atoms with Crippen LogP contribution in [0, 0.1) is 6.92 Å². The third-order valence-electron chi connectivity index (χ3n) is 6.20. The van der Waals surface area contributed by atoms with Gasteiger partial charge >= 0.3 is 0 Å². The van der Waals surface area contributed by atoms with Crippen molar-refractivity contribution in [3.8, 4) is 0 Å². The Balaban J connectivity index is 1.74. The van der Waals surface area contributed by atoms with Crippen molar-refractivity contribution in [2.24, 2.45) is 0 Å². The molecule has 9 heteroatoms. The predicted octanol–water partition coefficient (Wildman–Crippen LogP) is 3.25. The van der Waals surface area contributed by atoms with Gasteiger partial charge in [-0.1, -0.05) is 50.2 Å². The van der Waals surface area contributed by atoms with Gasteiger partial charge in [0.2, 0.25) is 11.8 Å². The van der Waals surface area contributed by atoms with Crippen LogP contribution in [0.1, 0.15) is 61.0 Å². The Morgan fingerprint density at radius 1 is 1.06 bits per heavy atom. The number of fused-ring (bicyclic) bond motifs is 1. The number of carbonyl (C=O) groups is 3. The van der Waals surface area contributed by atoms with Crippen LogP contribution in [-0.2, 0) is 26.2 Å². The molecule has 0 aromatic heterocycles. The quantitative estimate of drug-likeness (QED) is 0.511. The van der Waals surface area contributed by atoms with Crippen LogP contribution in [0.15, 0.2) is 53.4 Å². The number of carbonyl (C=O) groups excluding carboxylic acids is 3. The fourth-order valence-electron chi connectivity index (χ4n) is 4.23. The summed E-state index contributed by atoms with van der Waals surface area (Å²) in [6, 6.07) is 13.2. The average Bonchev–Trinajstić information content (AvgIpc) is 3.04. The van der Waals surface area contributed by atoms with Gasteiger partial charge in [-0.3, -0.25) is 14.4 Å². The summed E-state index contributed by atoms with van der Waals surface area (Å²) in [4.78, 5) is 40.4. The van der Waals surface area contributed by atoms with Crippen molar-refractivity contribution in [2.45, 2.75) is 63.9 Å². The maximum absolute atomic E-state index is 13.4. The summed E-state index contributed by atoms with van der Waals surface area (Å²) in [6.45, 7) is 6.48. The van der Waals surface area contributed by atoms with E-state index in [9.17, 15) is 22.8 Å². The topological polar surface area (TPSA) is 104 Å². The Morgan fingerprint density at radius 3 is 2.40 bits per heavy atom. The van der Waals surface area contributed by atoms with Crippen molar-refractivity contribution in [1.29, 1.82) is 0 Å². The Labute approximate surface area is 207 Å². The maximum atomic E-state index is 13.4. The second-order valence-electron chi connectivity index (χ2n) is 8.65. The predicted molar refractivity (Wildman–Crippen MR) is 133 cm³/mol. The molecule has 1 aliphatic rings. The number of sulfonamides is 1. The van der Waals surface area contributed by atoms with Gasteiger partial charge in [0.1, 0.15) is 10.9 Å². The van der Waals surface area contributed by atoms with Crippen LogP contribution in [0.4, 0.5) is 0 Å². The molecule has 3 amide bonds. The van der Waals surface area contributed by atoms with E-state index in [0.717, 1.165) is 21.9 Å². The summed E-state index contributed by atoms with van der Waals surface area (Å²) in [6.07, 6.45) is 1.41. The lowest BCUT2D eigenvalue weighted by atomic mass is 10.1. The van der Waals surface area contributed by atoms with E-state index in [1.165, 1.54) is 12.1 Å². The van der Waals surface area contributed by atoms with E-state index in [2.05, 4.69) is 5.32 Å². The van der Waals surface area contributed by atoms with E-state index < -0.39 is 22.0 Å². The highest BCUT2D eigenvalue weighted by Gasteiger charge is 2.40. The molecule has 1 N–H and O–H groups in total. The van der Waals surface area contributed by atoms with Crippen LogP contribution in [0.25, 0.3) is 0 Å². The highest BCUT2D eigenvalue weighted by atomic mass is 32.2. The zero-order chi connectivity index (χ0) is 25.6. The number of nitrogens with one attached hydrogen (secondary N) is 1. The fraction of sp³-hybridized carbons (Fsp3) is 0.423. The molecule has 8 nitrogen and oxygen atoms in total. The normalized spacial score (nSPS) is 14.9. The first-order valence-corrected chi connectivity index (χ1v) is 13.4. The van der Waals surface area contributed by atoms with Crippen LogP contribution in [-0.4, -0.2) is 54.5 Å². The third-order valence-corrected chi connectivity index (χ3v) is 8.04. The number of hydrogen-bond donors (Lipinski definition) is 1. The molecule has 0 saturated heterocycles. The van der Waals surface area contributed by atoms with Crippen molar-refractivity contribution < 1.29 is 22.8 Å². The molecule has 0 radical (unpaired) electrons. The minimum atomic E-state index is -3.92. The van der Waals surface area contributed by atoms with Gasteiger partial charge in [0, 0.05) is 26.1 Å². The first-order valence-electron chi connectivity index (χ1n) is 12.0. The smallest absolute Gasteiger partial charge is 0.269 e. The first kappa shape index (κ1) is 26.4. The largest absolute Gasteiger partial charge is 0.354 e. The highest BCUT2D eigenvalue weighted by Crippen LogP contribution is 2.30. The van der Waals surface area contributed by atoms with Gasteiger partial charge in [-0.2, -0.15) is 0 Å². The Morgan fingerprint density at radius 2 is 1.74 bits per heavy atom. The molecule has 0 fully saturated rings. The minimum absolute atomic E-state index is 0.00357. The molecule has 2 aromatic rings. The molecule has 0 aliphatic carbocycles. The Hall–Kier alpha value is -3.20. The van der Waals surface area contributed by atoms with Crippen molar-refractivity contribution in [3.05, 3.63) is 65.2 Å². The summed E-state index contributed by atoms with van der Waals surface area (Å²) in [7, 11) is -3.92. The van der Waals surface area contributed by atoms with Crippen LogP contribution in [0.5, 0.6) is 0 Å². The van der Waals surface area contributed by atoms with E-state index in [-0.39, 0.29) is 48.2 Å². The number of hydrogen-bond acceptors (Lipinski definition) is 5. The van der Waals surface area contributed by atoms with E-state index >= 15 is 0 Å². The Kier molecular flexibility index (Phi) is 8.67. The molecule has 0 bridgehead atoms. The summed E-state index contributed by atoms with van der Waals surface area (Å²) in [5, 5.41) is 2.88. The van der Waals surface area contributed by atoms with Crippen molar-refractivity contribution >= 4 is 27.7 Å². The number of amides is 3. The molecule has 1 atom stereocenters. The second kappa shape index (κ2) is 11.5.